The van der Waals surface area contributed by atoms with Crippen molar-refractivity contribution in [1.82, 2.24) is 0 Å². The van der Waals surface area contributed by atoms with Gasteiger partial charge in [-0.25, -0.2) is 4.79 Å². The second kappa shape index (κ2) is 3.57. The van der Waals surface area contributed by atoms with Crippen molar-refractivity contribution in [2.24, 2.45) is 0 Å². The molecule has 0 atom stereocenters. The minimum atomic E-state index is -0.271. The molecule has 0 saturated carbocycles. The summed E-state index contributed by atoms with van der Waals surface area (Å²) in [4.78, 5) is 12.9. The number of amides is 1. The van der Waals surface area contributed by atoms with Crippen LogP contribution in [0.25, 0.3) is 0 Å². The molecule has 1 amide bonds. The molecular formula is C10H12N2O2. The first kappa shape index (κ1) is 8.87. The highest BCUT2D eigenvalue weighted by Gasteiger charge is 2.24. The molecule has 1 saturated heterocycles. The molecule has 1 aliphatic heterocycles. The van der Waals surface area contributed by atoms with Crippen LogP contribution in [0.4, 0.5) is 16.2 Å². The lowest BCUT2D eigenvalue weighted by Gasteiger charge is -2.16. The number of hydrogen-bond acceptors (Lipinski definition) is 3. The van der Waals surface area contributed by atoms with E-state index in [2.05, 4.69) is 5.32 Å². The van der Waals surface area contributed by atoms with Crippen LogP contribution in [0.5, 0.6) is 0 Å². The van der Waals surface area contributed by atoms with Gasteiger partial charge in [0.05, 0.1) is 17.9 Å². The molecular weight excluding hydrogens is 180 g/mol. The number of carbonyl (C=O) groups excluding carboxylic acids is 1. The Hall–Kier alpha value is -1.71. The van der Waals surface area contributed by atoms with Crippen molar-refractivity contribution in [1.29, 1.82) is 0 Å². The van der Waals surface area contributed by atoms with Crippen LogP contribution in [-0.2, 0) is 4.74 Å². The fraction of sp³-hybridized carbons (Fsp3) is 0.300. The maximum absolute atomic E-state index is 11.3. The number of carbonyl (C=O) groups is 1. The van der Waals surface area contributed by atoms with E-state index in [1.807, 2.05) is 31.3 Å². The second-order valence-corrected chi connectivity index (χ2v) is 3.03. The van der Waals surface area contributed by atoms with Crippen LogP contribution in [0.2, 0.25) is 0 Å². The largest absolute Gasteiger partial charge is 0.447 e. The Bertz CT molecular complexity index is 352. The van der Waals surface area contributed by atoms with Gasteiger partial charge in [0.1, 0.15) is 6.61 Å². The predicted molar refractivity (Wildman–Crippen MR) is 54.7 cm³/mol. The van der Waals surface area contributed by atoms with Crippen LogP contribution in [0.1, 0.15) is 0 Å². The third kappa shape index (κ3) is 1.39. The smallest absolute Gasteiger partial charge is 0.414 e. The van der Waals surface area contributed by atoms with Gasteiger partial charge < -0.3 is 10.1 Å². The summed E-state index contributed by atoms with van der Waals surface area (Å²) in [6.07, 6.45) is -0.271. The van der Waals surface area contributed by atoms with Gasteiger partial charge in [-0.3, -0.25) is 4.90 Å². The summed E-state index contributed by atoms with van der Waals surface area (Å²) in [5.74, 6) is 0. The van der Waals surface area contributed by atoms with Gasteiger partial charge >= 0.3 is 6.09 Å². The molecule has 0 unspecified atom stereocenters. The molecule has 0 aliphatic carbocycles. The maximum atomic E-state index is 11.3. The minimum absolute atomic E-state index is 0.271. The molecule has 74 valence electrons. The van der Waals surface area contributed by atoms with Crippen molar-refractivity contribution < 1.29 is 9.53 Å². The van der Waals surface area contributed by atoms with E-state index in [0.29, 0.717) is 13.2 Å². The number of benzene rings is 1. The molecule has 1 aromatic carbocycles. The van der Waals surface area contributed by atoms with Gasteiger partial charge in [0.15, 0.2) is 0 Å². The number of ether oxygens (including phenoxy) is 1. The zero-order valence-corrected chi connectivity index (χ0v) is 7.99. The van der Waals surface area contributed by atoms with Gasteiger partial charge in [-0.1, -0.05) is 12.1 Å². The molecule has 4 heteroatoms. The monoisotopic (exact) mass is 192 g/mol. The molecule has 0 radical (unpaired) electrons. The second-order valence-electron chi connectivity index (χ2n) is 3.03. The van der Waals surface area contributed by atoms with Crippen molar-refractivity contribution in [2.45, 2.75) is 0 Å². The summed E-state index contributed by atoms with van der Waals surface area (Å²) in [5.41, 5.74) is 1.81. The fourth-order valence-electron chi connectivity index (χ4n) is 1.53. The van der Waals surface area contributed by atoms with Crippen LogP contribution in [0.3, 0.4) is 0 Å². The molecule has 1 aliphatic rings. The molecule has 0 spiro atoms. The lowest BCUT2D eigenvalue weighted by atomic mass is 10.2. The van der Waals surface area contributed by atoms with Gasteiger partial charge in [-0.05, 0) is 12.1 Å². The van der Waals surface area contributed by atoms with Gasteiger partial charge in [0, 0.05) is 7.05 Å². The summed E-state index contributed by atoms with van der Waals surface area (Å²) in [6.45, 7) is 1.09. The topological polar surface area (TPSA) is 41.6 Å². The summed E-state index contributed by atoms with van der Waals surface area (Å²) in [5, 5.41) is 3.04. The van der Waals surface area contributed by atoms with Gasteiger partial charge in [-0.15, -0.1) is 0 Å². The molecule has 1 fully saturated rings. The van der Waals surface area contributed by atoms with Crippen LogP contribution < -0.4 is 10.2 Å². The lowest BCUT2D eigenvalue weighted by Crippen LogP contribution is -2.24. The fourth-order valence-corrected chi connectivity index (χ4v) is 1.53. The Labute approximate surface area is 82.5 Å². The predicted octanol–water partition coefficient (Wildman–Crippen LogP) is 1.68. The molecule has 0 aromatic heterocycles. The average molecular weight is 192 g/mol. The maximum Gasteiger partial charge on any atom is 0.414 e. The highest BCUT2D eigenvalue weighted by molar-refractivity contribution is 5.93. The third-order valence-electron chi connectivity index (χ3n) is 2.23. The number of nitrogens with one attached hydrogen (secondary N) is 1. The van der Waals surface area contributed by atoms with E-state index < -0.39 is 0 Å². The first-order valence-electron chi connectivity index (χ1n) is 4.54. The number of para-hydroxylation sites is 2. The van der Waals surface area contributed by atoms with E-state index >= 15 is 0 Å². The Balaban J connectivity index is 2.35. The van der Waals surface area contributed by atoms with Crippen molar-refractivity contribution in [3.63, 3.8) is 0 Å². The van der Waals surface area contributed by atoms with Gasteiger partial charge in [0.2, 0.25) is 0 Å². The molecule has 4 nitrogen and oxygen atoms in total. The molecule has 2 rings (SSSR count). The van der Waals surface area contributed by atoms with E-state index in [-0.39, 0.29) is 6.09 Å². The number of hydrogen-bond donors (Lipinski definition) is 1. The quantitative estimate of drug-likeness (QED) is 0.775. The Morgan fingerprint density at radius 1 is 1.43 bits per heavy atom. The van der Waals surface area contributed by atoms with Crippen LogP contribution in [-0.4, -0.2) is 26.3 Å². The van der Waals surface area contributed by atoms with Gasteiger partial charge in [0.25, 0.3) is 0 Å². The summed E-state index contributed by atoms with van der Waals surface area (Å²) in [6, 6.07) is 7.66. The number of anilines is 2. The lowest BCUT2D eigenvalue weighted by molar-refractivity contribution is 0.181. The third-order valence-corrected chi connectivity index (χ3v) is 2.23. The molecule has 0 bridgehead atoms. The summed E-state index contributed by atoms with van der Waals surface area (Å²) < 4.78 is 4.88. The van der Waals surface area contributed by atoms with Crippen molar-refractivity contribution in [3.05, 3.63) is 24.3 Å². The summed E-state index contributed by atoms with van der Waals surface area (Å²) >= 11 is 0. The first-order chi connectivity index (χ1) is 6.83. The Morgan fingerprint density at radius 3 is 2.86 bits per heavy atom. The van der Waals surface area contributed by atoms with E-state index in [1.165, 1.54) is 0 Å². The van der Waals surface area contributed by atoms with Crippen LogP contribution in [0.15, 0.2) is 24.3 Å². The zero-order chi connectivity index (χ0) is 9.97. The Kier molecular flexibility index (Phi) is 2.26. The standard InChI is InChI=1S/C10H12N2O2/c1-11-8-4-2-3-5-9(8)12-6-7-14-10(12)13/h2-5,11H,6-7H2,1H3. The highest BCUT2D eigenvalue weighted by Crippen LogP contribution is 2.27. The molecule has 1 aromatic rings. The average Bonchev–Trinajstić information content (AvgIpc) is 2.64. The van der Waals surface area contributed by atoms with Crippen LogP contribution >= 0.6 is 0 Å². The number of rotatable bonds is 2. The first-order valence-corrected chi connectivity index (χ1v) is 4.54. The zero-order valence-electron chi connectivity index (χ0n) is 7.99. The SMILES string of the molecule is CNc1ccccc1N1CCOC1=O. The normalized spacial score (nSPS) is 15.5. The minimum Gasteiger partial charge on any atom is -0.447 e. The molecule has 1 heterocycles. The summed E-state index contributed by atoms with van der Waals surface area (Å²) in [7, 11) is 1.83. The molecule has 14 heavy (non-hydrogen) atoms. The van der Waals surface area contributed by atoms with E-state index in [0.717, 1.165) is 11.4 Å². The van der Waals surface area contributed by atoms with Crippen molar-refractivity contribution >= 4 is 17.5 Å². The van der Waals surface area contributed by atoms with E-state index in [9.17, 15) is 4.79 Å². The van der Waals surface area contributed by atoms with Crippen LogP contribution in [0, 0.1) is 0 Å². The van der Waals surface area contributed by atoms with E-state index in [1.54, 1.807) is 4.90 Å². The molecule has 1 N–H and O–H groups in total. The Morgan fingerprint density at radius 2 is 2.21 bits per heavy atom. The van der Waals surface area contributed by atoms with Crippen molar-refractivity contribution in [2.75, 3.05) is 30.4 Å². The van der Waals surface area contributed by atoms with E-state index in [4.69, 9.17) is 4.74 Å². The van der Waals surface area contributed by atoms with Gasteiger partial charge in [-0.2, -0.15) is 0 Å². The van der Waals surface area contributed by atoms with Crippen molar-refractivity contribution in [3.8, 4) is 0 Å². The number of cyclic esters (lactones) is 1. The number of nitrogens with zero attached hydrogens (tertiary/aromatic N) is 1. The highest BCUT2D eigenvalue weighted by atomic mass is 16.6.